The lowest BCUT2D eigenvalue weighted by Crippen LogP contribution is -2.47. The molecule has 130 valence electrons. The molecule has 1 heterocycles. The summed E-state index contributed by atoms with van der Waals surface area (Å²) in [5.74, 6) is -3.23. The van der Waals surface area contributed by atoms with Crippen LogP contribution in [0.1, 0.15) is 25.7 Å². The highest BCUT2D eigenvalue weighted by Crippen LogP contribution is 2.62. The van der Waals surface area contributed by atoms with Gasteiger partial charge in [-0.3, -0.25) is 14.4 Å². The Morgan fingerprint density at radius 3 is 2.79 bits per heavy atom. The largest absolute Gasteiger partial charge is 0.481 e. The van der Waals surface area contributed by atoms with E-state index in [0.717, 1.165) is 6.08 Å². The molecule has 1 saturated heterocycles. The first-order valence-electron chi connectivity index (χ1n) is 7.81. The Morgan fingerprint density at radius 1 is 1.38 bits per heavy atom. The number of aliphatic carboxylic acids is 1. The Morgan fingerprint density at radius 2 is 2.12 bits per heavy atom. The van der Waals surface area contributed by atoms with Crippen LogP contribution in [0.25, 0.3) is 0 Å². The number of carbonyl (C=O) groups excluding carboxylic acids is 3. The zero-order chi connectivity index (χ0) is 17.5. The van der Waals surface area contributed by atoms with Gasteiger partial charge in [0.2, 0.25) is 0 Å². The van der Waals surface area contributed by atoms with E-state index in [0.29, 0.717) is 0 Å². The second-order valence-corrected chi connectivity index (χ2v) is 6.43. The molecule has 0 aromatic heterocycles. The highest BCUT2D eigenvalue weighted by Gasteiger charge is 2.73. The highest BCUT2D eigenvalue weighted by molar-refractivity contribution is 5.85. The molecular formula is C16H18O8. The quantitative estimate of drug-likeness (QED) is 0.308. The molecule has 0 aromatic carbocycles. The van der Waals surface area contributed by atoms with Crippen LogP contribution in [0.15, 0.2) is 12.7 Å². The predicted octanol–water partition coefficient (Wildman–Crippen LogP) is 0.444. The molecule has 5 atom stereocenters. The van der Waals surface area contributed by atoms with E-state index in [2.05, 4.69) is 6.58 Å². The van der Waals surface area contributed by atoms with Crippen molar-refractivity contribution in [3.63, 3.8) is 0 Å². The van der Waals surface area contributed by atoms with Crippen molar-refractivity contribution in [1.29, 1.82) is 0 Å². The Kier molecular flexibility index (Phi) is 4.06. The summed E-state index contributed by atoms with van der Waals surface area (Å²) >= 11 is 0. The summed E-state index contributed by atoms with van der Waals surface area (Å²) in [4.78, 5) is 46.4. The number of esters is 3. The van der Waals surface area contributed by atoms with Gasteiger partial charge in [0.05, 0.1) is 12.5 Å². The maximum Gasteiger partial charge on any atom is 0.330 e. The van der Waals surface area contributed by atoms with E-state index in [1.54, 1.807) is 0 Å². The number of hydrogen-bond acceptors (Lipinski definition) is 7. The third-order valence-electron chi connectivity index (χ3n) is 5.14. The number of rotatable bonds is 7. The fourth-order valence-electron chi connectivity index (χ4n) is 4.06. The van der Waals surface area contributed by atoms with Crippen molar-refractivity contribution < 1.29 is 38.5 Å². The first kappa shape index (κ1) is 16.5. The van der Waals surface area contributed by atoms with Crippen LogP contribution >= 0.6 is 0 Å². The van der Waals surface area contributed by atoms with Crippen molar-refractivity contribution >= 4 is 23.9 Å². The molecule has 0 amide bonds. The van der Waals surface area contributed by atoms with Crippen LogP contribution in [-0.2, 0) is 33.4 Å². The Hall–Kier alpha value is -2.38. The van der Waals surface area contributed by atoms with Crippen molar-refractivity contribution in [3.05, 3.63) is 12.7 Å². The zero-order valence-corrected chi connectivity index (χ0v) is 12.9. The lowest BCUT2D eigenvalue weighted by molar-refractivity contribution is -0.175. The van der Waals surface area contributed by atoms with Gasteiger partial charge in [-0.15, -0.1) is 0 Å². The second kappa shape index (κ2) is 5.92. The molecule has 0 spiro atoms. The standard InChI is InChI=1S/C16H18O8/c1-2-10(17)22-5-3-4-11(18)23-13-12-8-6-16(13,15(20)21)7-9(8)14(19)24-12/h2,8-9,12-13H,1,3-7H2,(H,20,21). The number of carbonyl (C=O) groups is 4. The summed E-state index contributed by atoms with van der Waals surface area (Å²) in [5.41, 5.74) is -1.24. The summed E-state index contributed by atoms with van der Waals surface area (Å²) in [6.45, 7) is 3.29. The third-order valence-corrected chi connectivity index (χ3v) is 5.14. The molecule has 5 unspecified atom stereocenters. The number of carboxylic acids is 1. The molecule has 8 nitrogen and oxygen atoms in total. The summed E-state index contributed by atoms with van der Waals surface area (Å²) in [5, 5.41) is 9.60. The smallest absolute Gasteiger partial charge is 0.330 e. The van der Waals surface area contributed by atoms with Crippen molar-refractivity contribution in [2.75, 3.05) is 6.61 Å². The van der Waals surface area contributed by atoms with Gasteiger partial charge in [0.15, 0.2) is 6.10 Å². The number of ether oxygens (including phenoxy) is 3. The van der Waals surface area contributed by atoms with Gasteiger partial charge >= 0.3 is 23.9 Å². The fourth-order valence-corrected chi connectivity index (χ4v) is 4.06. The van der Waals surface area contributed by atoms with Crippen LogP contribution in [0.2, 0.25) is 0 Å². The molecule has 2 bridgehead atoms. The first-order chi connectivity index (χ1) is 11.4. The van der Waals surface area contributed by atoms with Crippen LogP contribution in [0.3, 0.4) is 0 Å². The molecule has 8 heteroatoms. The normalized spacial score (nSPS) is 35.4. The van der Waals surface area contributed by atoms with Crippen LogP contribution in [0.4, 0.5) is 0 Å². The monoisotopic (exact) mass is 338 g/mol. The van der Waals surface area contributed by atoms with Gasteiger partial charge in [-0.25, -0.2) is 4.79 Å². The second-order valence-electron chi connectivity index (χ2n) is 6.43. The molecule has 0 aromatic rings. The van der Waals surface area contributed by atoms with Crippen LogP contribution in [0.5, 0.6) is 0 Å². The SMILES string of the molecule is C=CC(=O)OCCCC(=O)OC1C2OC(=O)C3CC1(C(=O)O)CC32. The van der Waals surface area contributed by atoms with Crippen molar-refractivity contribution in [1.82, 2.24) is 0 Å². The number of carboxylic acid groups (broad SMARTS) is 1. The number of fused-ring (bicyclic) bond motifs is 1. The summed E-state index contributed by atoms with van der Waals surface area (Å²) in [6.07, 6.45) is 0.0679. The summed E-state index contributed by atoms with van der Waals surface area (Å²) < 4.78 is 15.4. The zero-order valence-electron chi connectivity index (χ0n) is 12.9. The Labute approximate surface area is 137 Å². The maximum atomic E-state index is 12.0. The first-order valence-corrected chi connectivity index (χ1v) is 7.81. The van der Waals surface area contributed by atoms with Gasteiger partial charge in [-0.1, -0.05) is 6.58 Å². The number of hydrogen-bond donors (Lipinski definition) is 1. The molecule has 24 heavy (non-hydrogen) atoms. The molecule has 3 aliphatic rings. The van der Waals surface area contributed by atoms with E-state index in [9.17, 15) is 24.3 Å². The predicted molar refractivity (Wildman–Crippen MR) is 76.4 cm³/mol. The van der Waals surface area contributed by atoms with Crippen molar-refractivity contribution in [2.45, 2.75) is 37.9 Å². The molecule has 2 saturated carbocycles. The lowest BCUT2D eigenvalue weighted by atomic mass is 9.78. The summed E-state index contributed by atoms with van der Waals surface area (Å²) in [6, 6.07) is 0. The molecular weight excluding hydrogens is 320 g/mol. The molecule has 1 aliphatic heterocycles. The van der Waals surface area contributed by atoms with E-state index in [1.807, 2.05) is 0 Å². The van der Waals surface area contributed by atoms with Crippen LogP contribution < -0.4 is 0 Å². The fraction of sp³-hybridized carbons (Fsp3) is 0.625. The van der Waals surface area contributed by atoms with Gasteiger partial charge in [-0.2, -0.15) is 0 Å². The maximum absolute atomic E-state index is 12.0. The topological polar surface area (TPSA) is 116 Å². The minimum Gasteiger partial charge on any atom is -0.481 e. The van der Waals surface area contributed by atoms with Gasteiger partial charge in [0.25, 0.3) is 0 Å². The minimum absolute atomic E-state index is 0.0224. The average molecular weight is 338 g/mol. The van der Waals surface area contributed by atoms with Gasteiger partial charge in [0.1, 0.15) is 11.5 Å². The van der Waals surface area contributed by atoms with Gasteiger partial charge in [-0.05, 0) is 19.3 Å². The van der Waals surface area contributed by atoms with E-state index in [1.165, 1.54) is 0 Å². The van der Waals surface area contributed by atoms with Crippen molar-refractivity contribution in [3.8, 4) is 0 Å². The van der Waals surface area contributed by atoms with E-state index in [4.69, 9.17) is 14.2 Å². The lowest BCUT2D eigenvalue weighted by Gasteiger charge is -2.32. The van der Waals surface area contributed by atoms with Crippen LogP contribution in [-0.4, -0.2) is 47.8 Å². The molecule has 2 aliphatic carbocycles. The van der Waals surface area contributed by atoms with Gasteiger partial charge < -0.3 is 19.3 Å². The highest BCUT2D eigenvalue weighted by atomic mass is 16.6. The van der Waals surface area contributed by atoms with Crippen molar-refractivity contribution in [2.24, 2.45) is 17.3 Å². The molecule has 0 radical (unpaired) electrons. The third kappa shape index (κ3) is 2.46. The van der Waals surface area contributed by atoms with E-state index < -0.39 is 47.4 Å². The average Bonchev–Trinajstić information content (AvgIpc) is 3.13. The Bertz CT molecular complexity index is 611. The molecule has 3 fully saturated rings. The molecule has 1 N–H and O–H groups in total. The summed E-state index contributed by atoms with van der Waals surface area (Å²) in [7, 11) is 0. The Balaban J connectivity index is 1.59. The van der Waals surface area contributed by atoms with Gasteiger partial charge in [0, 0.05) is 18.4 Å². The minimum atomic E-state index is -1.24. The van der Waals surface area contributed by atoms with Crippen LogP contribution in [0, 0.1) is 17.3 Å². The molecule has 3 rings (SSSR count). The van der Waals surface area contributed by atoms with E-state index in [-0.39, 0.29) is 38.2 Å². The van der Waals surface area contributed by atoms with E-state index >= 15 is 0 Å².